The number of ether oxygens (including phenoxy) is 1. The predicted octanol–water partition coefficient (Wildman–Crippen LogP) is 3.82. The van der Waals surface area contributed by atoms with Gasteiger partial charge in [-0.05, 0) is 42.9 Å². The number of thiazole rings is 1. The number of aromatic nitrogens is 1. The molecule has 2 rings (SSSR count). The largest absolute Gasteiger partial charge is 0.485 e. The molecule has 1 heterocycles. The van der Waals surface area contributed by atoms with Crippen molar-refractivity contribution >= 4 is 27.3 Å². The smallest absolute Gasteiger partial charge is 0.140 e. The van der Waals surface area contributed by atoms with Crippen LogP contribution in [0, 0.1) is 13.8 Å². The number of halogens is 1. The molecule has 5 heteroatoms. The predicted molar refractivity (Wildman–Crippen MR) is 82.8 cm³/mol. The first kappa shape index (κ1) is 14.5. The van der Waals surface area contributed by atoms with Gasteiger partial charge in [0.05, 0.1) is 10.2 Å². The van der Waals surface area contributed by atoms with Crippen LogP contribution in [-0.4, -0.2) is 12.0 Å². The van der Waals surface area contributed by atoms with E-state index in [1.165, 1.54) is 4.88 Å². The Hall–Kier alpha value is -0.910. The second-order valence-corrected chi connectivity index (χ2v) is 6.44. The normalized spacial score (nSPS) is 10.7. The Labute approximate surface area is 126 Å². The average molecular weight is 341 g/mol. The quantitative estimate of drug-likeness (QED) is 0.898. The van der Waals surface area contributed by atoms with Crippen molar-refractivity contribution in [1.29, 1.82) is 0 Å². The van der Waals surface area contributed by atoms with E-state index in [0.29, 0.717) is 6.61 Å². The van der Waals surface area contributed by atoms with E-state index in [-0.39, 0.29) is 0 Å². The summed E-state index contributed by atoms with van der Waals surface area (Å²) >= 11 is 5.23. The summed E-state index contributed by atoms with van der Waals surface area (Å²) in [6, 6.07) is 6.07. The van der Waals surface area contributed by atoms with Gasteiger partial charge in [-0.2, -0.15) is 0 Å². The lowest BCUT2D eigenvalue weighted by Crippen LogP contribution is -2.08. The van der Waals surface area contributed by atoms with E-state index in [1.807, 2.05) is 26.1 Å². The SMILES string of the molecule is CNCc1cccc(Br)c1OCc1nc(C)c(C)s1. The van der Waals surface area contributed by atoms with E-state index in [4.69, 9.17) is 4.74 Å². The van der Waals surface area contributed by atoms with Crippen molar-refractivity contribution in [2.75, 3.05) is 7.05 Å². The fraction of sp³-hybridized carbons (Fsp3) is 0.357. The maximum atomic E-state index is 5.94. The summed E-state index contributed by atoms with van der Waals surface area (Å²) in [4.78, 5) is 5.74. The standard InChI is InChI=1S/C14H17BrN2OS/c1-9-10(2)19-13(17-9)8-18-14-11(7-16-3)5-4-6-12(14)15/h4-6,16H,7-8H2,1-3H3. The first-order valence-corrected chi connectivity index (χ1v) is 7.70. The number of nitrogens with one attached hydrogen (secondary N) is 1. The summed E-state index contributed by atoms with van der Waals surface area (Å²) in [6.07, 6.45) is 0. The molecule has 0 amide bonds. The van der Waals surface area contributed by atoms with E-state index in [1.54, 1.807) is 11.3 Å². The lowest BCUT2D eigenvalue weighted by atomic mass is 10.2. The van der Waals surface area contributed by atoms with Crippen molar-refractivity contribution in [3.8, 4) is 5.75 Å². The van der Waals surface area contributed by atoms with Crippen LogP contribution < -0.4 is 10.1 Å². The number of hydrogen-bond donors (Lipinski definition) is 1. The van der Waals surface area contributed by atoms with Crippen molar-refractivity contribution in [1.82, 2.24) is 10.3 Å². The third kappa shape index (κ3) is 3.55. The Morgan fingerprint density at radius 1 is 1.37 bits per heavy atom. The van der Waals surface area contributed by atoms with Crippen LogP contribution >= 0.6 is 27.3 Å². The zero-order chi connectivity index (χ0) is 13.8. The van der Waals surface area contributed by atoms with Gasteiger partial charge in [-0.1, -0.05) is 12.1 Å². The summed E-state index contributed by atoms with van der Waals surface area (Å²) in [5.41, 5.74) is 2.23. The molecular formula is C14H17BrN2OS. The molecular weight excluding hydrogens is 324 g/mol. The van der Waals surface area contributed by atoms with Crippen LogP contribution in [0.15, 0.2) is 22.7 Å². The summed E-state index contributed by atoms with van der Waals surface area (Å²) < 4.78 is 6.91. The van der Waals surface area contributed by atoms with Crippen molar-refractivity contribution in [2.24, 2.45) is 0 Å². The highest BCUT2D eigenvalue weighted by Gasteiger charge is 2.10. The Morgan fingerprint density at radius 2 is 2.16 bits per heavy atom. The first-order valence-electron chi connectivity index (χ1n) is 6.09. The average Bonchev–Trinajstić information content (AvgIpc) is 2.68. The molecule has 0 spiro atoms. The van der Waals surface area contributed by atoms with Gasteiger partial charge in [-0.25, -0.2) is 4.98 Å². The third-order valence-electron chi connectivity index (χ3n) is 2.83. The maximum absolute atomic E-state index is 5.94. The monoisotopic (exact) mass is 340 g/mol. The van der Waals surface area contributed by atoms with Crippen molar-refractivity contribution < 1.29 is 4.74 Å². The van der Waals surface area contributed by atoms with Gasteiger partial charge in [0, 0.05) is 17.0 Å². The number of para-hydroxylation sites is 1. The van der Waals surface area contributed by atoms with Crippen LogP contribution in [0.1, 0.15) is 21.1 Å². The van der Waals surface area contributed by atoms with Crippen LogP contribution in [0.3, 0.4) is 0 Å². The van der Waals surface area contributed by atoms with E-state index in [2.05, 4.69) is 39.2 Å². The molecule has 0 atom stereocenters. The number of nitrogens with zero attached hydrogens (tertiary/aromatic N) is 1. The van der Waals surface area contributed by atoms with Crippen LogP contribution in [0.5, 0.6) is 5.75 Å². The zero-order valence-corrected chi connectivity index (χ0v) is 13.7. The molecule has 0 unspecified atom stereocenters. The van der Waals surface area contributed by atoms with Crippen LogP contribution in [0.25, 0.3) is 0 Å². The molecule has 1 N–H and O–H groups in total. The summed E-state index contributed by atoms with van der Waals surface area (Å²) in [6.45, 7) is 5.41. The molecule has 0 bridgehead atoms. The first-order chi connectivity index (χ1) is 9.11. The van der Waals surface area contributed by atoms with Crippen molar-refractivity contribution in [3.05, 3.63) is 43.8 Å². The molecule has 1 aromatic heterocycles. The number of aryl methyl sites for hydroxylation is 2. The molecule has 0 aliphatic heterocycles. The molecule has 0 saturated heterocycles. The van der Waals surface area contributed by atoms with Gasteiger partial charge in [-0.3, -0.25) is 0 Å². The van der Waals surface area contributed by atoms with Crippen molar-refractivity contribution in [2.45, 2.75) is 27.0 Å². The molecule has 3 nitrogen and oxygen atoms in total. The topological polar surface area (TPSA) is 34.1 Å². The van der Waals surface area contributed by atoms with Crippen molar-refractivity contribution in [3.63, 3.8) is 0 Å². The summed E-state index contributed by atoms with van der Waals surface area (Å²) in [5, 5.41) is 4.16. The lowest BCUT2D eigenvalue weighted by molar-refractivity contribution is 0.299. The minimum Gasteiger partial charge on any atom is -0.485 e. The Balaban J connectivity index is 2.14. The molecule has 19 heavy (non-hydrogen) atoms. The van der Waals surface area contributed by atoms with Gasteiger partial charge < -0.3 is 10.1 Å². The molecule has 0 saturated carbocycles. The van der Waals surface area contributed by atoms with Gasteiger partial charge in [0.2, 0.25) is 0 Å². The molecule has 0 radical (unpaired) electrons. The van der Waals surface area contributed by atoms with E-state index >= 15 is 0 Å². The summed E-state index contributed by atoms with van der Waals surface area (Å²) in [7, 11) is 1.93. The Kier molecular flexibility index (Phi) is 4.96. The van der Waals surface area contributed by atoms with Gasteiger partial charge in [0.15, 0.2) is 0 Å². The molecule has 2 aromatic rings. The molecule has 1 aromatic carbocycles. The molecule has 102 valence electrons. The fourth-order valence-corrected chi connectivity index (χ4v) is 3.15. The van der Waals surface area contributed by atoms with Crippen LogP contribution in [-0.2, 0) is 13.2 Å². The van der Waals surface area contributed by atoms with E-state index in [9.17, 15) is 0 Å². The second-order valence-electron chi connectivity index (χ2n) is 4.30. The second kappa shape index (κ2) is 6.50. The fourth-order valence-electron chi connectivity index (χ4n) is 1.78. The molecule has 0 fully saturated rings. The highest BCUT2D eigenvalue weighted by molar-refractivity contribution is 9.10. The highest BCUT2D eigenvalue weighted by atomic mass is 79.9. The minimum absolute atomic E-state index is 0.513. The minimum atomic E-state index is 0.513. The van der Waals surface area contributed by atoms with E-state index < -0.39 is 0 Å². The van der Waals surface area contributed by atoms with Gasteiger partial charge in [0.1, 0.15) is 17.4 Å². The third-order valence-corrected chi connectivity index (χ3v) is 4.50. The van der Waals surface area contributed by atoms with E-state index in [0.717, 1.165) is 33.0 Å². The number of rotatable bonds is 5. The Bertz CT molecular complexity index is 549. The van der Waals surface area contributed by atoms with Gasteiger partial charge in [-0.15, -0.1) is 11.3 Å². The van der Waals surface area contributed by atoms with Gasteiger partial charge in [0.25, 0.3) is 0 Å². The molecule has 0 aliphatic rings. The highest BCUT2D eigenvalue weighted by Crippen LogP contribution is 2.30. The Morgan fingerprint density at radius 3 is 2.79 bits per heavy atom. The van der Waals surface area contributed by atoms with Crippen LogP contribution in [0.2, 0.25) is 0 Å². The summed E-state index contributed by atoms with van der Waals surface area (Å²) in [5.74, 6) is 0.891. The maximum Gasteiger partial charge on any atom is 0.140 e. The lowest BCUT2D eigenvalue weighted by Gasteiger charge is -2.12. The zero-order valence-electron chi connectivity index (χ0n) is 11.3. The van der Waals surface area contributed by atoms with Crippen LogP contribution in [0.4, 0.5) is 0 Å². The number of hydrogen-bond acceptors (Lipinski definition) is 4. The number of benzene rings is 1. The molecule has 0 aliphatic carbocycles. The van der Waals surface area contributed by atoms with Gasteiger partial charge >= 0.3 is 0 Å².